The number of H-pyrrole nitrogens is 1. The fraction of sp³-hybridized carbons (Fsp3) is 0.312. The van der Waals surface area contributed by atoms with Crippen molar-refractivity contribution in [2.24, 2.45) is 5.73 Å². The van der Waals surface area contributed by atoms with E-state index in [2.05, 4.69) is 39.8 Å². The summed E-state index contributed by atoms with van der Waals surface area (Å²) >= 11 is 0. The minimum Gasteiger partial charge on any atom is -0.444 e. The van der Waals surface area contributed by atoms with Crippen molar-refractivity contribution < 1.29 is 14.3 Å². The maximum atomic E-state index is 12.6. The summed E-state index contributed by atoms with van der Waals surface area (Å²) in [4.78, 5) is 30.3. The van der Waals surface area contributed by atoms with E-state index in [1.807, 2.05) is 61.7 Å². The molecule has 1 atom stereocenters. The number of fused-ring (bicyclic) bond motifs is 1. The number of nitrogens with one attached hydrogen (secondary N) is 2. The van der Waals surface area contributed by atoms with Crippen LogP contribution in [0.3, 0.4) is 0 Å². The Bertz CT molecular complexity index is 1670. The van der Waals surface area contributed by atoms with Gasteiger partial charge in [0, 0.05) is 29.4 Å². The third kappa shape index (κ3) is 5.03. The Balaban J connectivity index is 1.44. The molecule has 0 aliphatic heterocycles. The lowest BCUT2D eigenvalue weighted by Gasteiger charge is -2.43. The van der Waals surface area contributed by atoms with E-state index in [1.54, 1.807) is 12.3 Å². The number of ether oxygens (including phenoxy) is 1. The molecule has 0 saturated heterocycles. The molecule has 210 valence electrons. The fourth-order valence-corrected chi connectivity index (χ4v) is 5.72. The number of amides is 2. The van der Waals surface area contributed by atoms with E-state index in [0.717, 1.165) is 59.5 Å². The molecular weight excluding hydrogens is 516 g/mol. The van der Waals surface area contributed by atoms with Crippen LogP contribution in [0.5, 0.6) is 0 Å². The number of aromatic amines is 1. The third-order valence-electron chi connectivity index (χ3n) is 7.82. The summed E-state index contributed by atoms with van der Waals surface area (Å²) in [5.74, 6) is -0.497. The number of benzene rings is 1. The molecule has 1 saturated carbocycles. The van der Waals surface area contributed by atoms with Crippen molar-refractivity contribution in [3.8, 4) is 22.5 Å². The first kappa shape index (κ1) is 26.6. The number of imidazole rings is 1. The lowest BCUT2D eigenvalue weighted by molar-refractivity contribution is 0.0377. The fourth-order valence-electron chi connectivity index (χ4n) is 5.72. The van der Waals surface area contributed by atoms with Gasteiger partial charge in [-0.2, -0.15) is 5.10 Å². The highest BCUT2D eigenvalue weighted by molar-refractivity contribution is 6.00. The molecule has 1 unspecified atom stereocenters. The van der Waals surface area contributed by atoms with E-state index in [1.165, 1.54) is 0 Å². The predicted molar refractivity (Wildman–Crippen MR) is 157 cm³/mol. The standard InChI is InChI=1S/C32H34N6O3/c1-31(2,3)41-30(40)36-32(15-7-16-32)23-12-10-20(11-13-23)26-27(21-8-5-4-6-9-21)38-19-22(25-14-17-34-37-25)18-24(28(33)39)29(38)35-26/h4-6,8,10-14,17-19,21H,7,9,15-16H2,1-3H3,(H2,33,39)(H,34,37)(H,36,40). The number of carbonyl (C=O) groups is 2. The molecule has 2 aliphatic rings. The van der Waals surface area contributed by atoms with Gasteiger partial charge in [0.2, 0.25) is 0 Å². The summed E-state index contributed by atoms with van der Waals surface area (Å²) in [6.45, 7) is 5.58. The van der Waals surface area contributed by atoms with Gasteiger partial charge in [-0.05, 0) is 64.2 Å². The molecule has 1 fully saturated rings. The normalized spacial score (nSPS) is 17.8. The molecule has 1 aromatic carbocycles. The van der Waals surface area contributed by atoms with Crippen LogP contribution in [0.4, 0.5) is 4.79 Å². The van der Waals surface area contributed by atoms with Crippen molar-refractivity contribution in [3.63, 3.8) is 0 Å². The first-order valence-corrected chi connectivity index (χ1v) is 13.9. The number of hydrogen-bond donors (Lipinski definition) is 3. The number of pyridine rings is 1. The van der Waals surface area contributed by atoms with Gasteiger partial charge in [0.1, 0.15) is 5.60 Å². The average Bonchev–Trinajstić information content (AvgIpc) is 3.58. The topological polar surface area (TPSA) is 127 Å². The Morgan fingerprint density at radius 2 is 1.90 bits per heavy atom. The zero-order valence-corrected chi connectivity index (χ0v) is 23.5. The average molecular weight is 551 g/mol. The van der Waals surface area contributed by atoms with Gasteiger partial charge in [0.15, 0.2) is 5.65 Å². The van der Waals surface area contributed by atoms with E-state index < -0.39 is 23.1 Å². The molecule has 4 aromatic rings. The maximum Gasteiger partial charge on any atom is 0.408 e. The number of nitrogens with zero attached hydrogens (tertiary/aromatic N) is 3. The smallest absolute Gasteiger partial charge is 0.408 e. The van der Waals surface area contributed by atoms with Crippen LogP contribution in [0.15, 0.2) is 73.1 Å². The number of carbonyl (C=O) groups excluding carboxylic acids is 2. The molecule has 0 radical (unpaired) electrons. The number of rotatable bonds is 6. The first-order valence-electron chi connectivity index (χ1n) is 13.9. The number of aromatic nitrogens is 4. The Kier molecular flexibility index (Phi) is 6.52. The van der Waals surface area contributed by atoms with Gasteiger partial charge in [0.05, 0.1) is 28.2 Å². The maximum absolute atomic E-state index is 12.6. The molecule has 2 amide bonds. The zero-order chi connectivity index (χ0) is 28.8. The van der Waals surface area contributed by atoms with Crippen molar-refractivity contribution in [1.29, 1.82) is 0 Å². The van der Waals surface area contributed by atoms with Crippen LogP contribution in [0.2, 0.25) is 0 Å². The number of nitrogens with two attached hydrogens (primary N) is 1. The van der Waals surface area contributed by atoms with Gasteiger partial charge >= 0.3 is 6.09 Å². The van der Waals surface area contributed by atoms with Crippen LogP contribution in [-0.2, 0) is 10.3 Å². The highest BCUT2D eigenvalue weighted by atomic mass is 16.6. The van der Waals surface area contributed by atoms with Gasteiger partial charge in [-0.25, -0.2) is 9.78 Å². The Morgan fingerprint density at radius 1 is 1.12 bits per heavy atom. The minimum atomic E-state index is -0.567. The highest BCUT2D eigenvalue weighted by Gasteiger charge is 2.41. The predicted octanol–water partition coefficient (Wildman–Crippen LogP) is 5.99. The van der Waals surface area contributed by atoms with Crippen LogP contribution in [0, 0.1) is 0 Å². The Hall–Kier alpha value is -4.66. The summed E-state index contributed by atoms with van der Waals surface area (Å²) in [5, 5.41) is 10.2. The first-order chi connectivity index (χ1) is 19.6. The van der Waals surface area contributed by atoms with E-state index in [9.17, 15) is 9.59 Å². The van der Waals surface area contributed by atoms with E-state index in [0.29, 0.717) is 11.2 Å². The third-order valence-corrected chi connectivity index (χ3v) is 7.82. The lowest BCUT2D eigenvalue weighted by atomic mass is 9.71. The van der Waals surface area contributed by atoms with Crippen LogP contribution in [0.1, 0.15) is 74.0 Å². The lowest BCUT2D eigenvalue weighted by Crippen LogP contribution is -2.52. The molecule has 4 N–H and O–H groups in total. The Morgan fingerprint density at radius 3 is 2.49 bits per heavy atom. The highest BCUT2D eigenvalue weighted by Crippen LogP contribution is 2.43. The quantitative estimate of drug-likeness (QED) is 0.272. The molecule has 2 aliphatic carbocycles. The number of allylic oxidation sites excluding steroid dienone is 4. The molecule has 9 heteroatoms. The largest absolute Gasteiger partial charge is 0.444 e. The second-order valence-electron chi connectivity index (χ2n) is 11.8. The van der Waals surface area contributed by atoms with Gasteiger partial charge in [0.25, 0.3) is 5.91 Å². The number of hydrogen-bond acceptors (Lipinski definition) is 5. The monoisotopic (exact) mass is 550 g/mol. The molecule has 3 aromatic heterocycles. The Labute approximate surface area is 238 Å². The van der Waals surface area contributed by atoms with E-state index in [4.69, 9.17) is 15.5 Å². The second-order valence-corrected chi connectivity index (χ2v) is 11.8. The molecule has 41 heavy (non-hydrogen) atoms. The minimum absolute atomic E-state index is 0.0502. The molecule has 9 nitrogen and oxygen atoms in total. The van der Waals surface area contributed by atoms with Crippen molar-refractivity contribution in [3.05, 3.63) is 89.9 Å². The van der Waals surface area contributed by atoms with Gasteiger partial charge < -0.3 is 20.2 Å². The number of primary amides is 1. The van der Waals surface area contributed by atoms with Crippen LogP contribution >= 0.6 is 0 Å². The van der Waals surface area contributed by atoms with Crippen LogP contribution in [0.25, 0.3) is 28.2 Å². The van der Waals surface area contributed by atoms with Gasteiger partial charge in [-0.3, -0.25) is 9.89 Å². The molecule has 0 spiro atoms. The summed E-state index contributed by atoms with van der Waals surface area (Å²) in [6, 6.07) is 11.8. The molecular formula is C32H34N6O3. The zero-order valence-electron chi connectivity index (χ0n) is 23.5. The SMILES string of the molecule is CC(C)(C)OC(=O)NC1(c2ccc(-c3nc4c(C(N)=O)cc(-c5ccn[nH]5)cn4c3C3C=CC=CC3)cc2)CCC1. The van der Waals surface area contributed by atoms with Crippen molar-refractivity contribution >= 4 is 17.6 Å². The van der Waals surface area contributed by atoms with Gasteiger partial charge in [-0.1, -0.05) is 48.6 Å². The molecule has 6 rings (SSSR count). The van der Waals surface area contributed by atoms with Crippen LogP contribution < -0.4 is 11.1 Å². The van der Waals surface area contributed by atoms with Crippen molar-refractivity contribution in [1.82, 2.24) is 24.9 Å². The summed E-state index contributed by atoms with van der Waals surface area (Å²) < 4.78 is 7.54. The summed E-state index contributed by atoms with van der Waals surface area (Å²) in [7, 11) is 0. The van der Waals surface area contributed by atoms with Gasteiger partial charge in [-0.15, -0.1) is 0 Å². The number of alkyl carbamates (subject to hydrolysis) is 1. The molecule has 3 heterocycles. The van der Waals surface area contributed by atoms with E-state index >= 15 is 0 Å². The second kappa shape index (κ2) is 10.1. The van der Waals surface area contributed by atoms with Crippen LogP contribution in [-0.4, -0.2) is 37.2 Å². The van der Waals surface area contributed by atoms with Crippen molar-refractivity contribution in [2.75, 3.05) is 0 Å². The van der Waals surface area contributed by atoms with Crippen molar-refractivity contribution in [2.45, 2.75) is 63.5 Å². The summed E-state index contributed by atoms with van der Waals surface area (Å²) in [5.41, 5.74) is 11.0. The molecule has 0 bridgehead atoms. The van der Waals surface area contributed by atoms with E-state index in [-0.39, 0.29) is 5.92 Å². The summed E-state index contributed by atoms with van der Waals surface area (Å²) in [6.07, 6.45) is 15.1.